The summed E-state index contributed by atoms with van der Waals surface area (Å²) in [6.45, 7) is 5.62. The Labute approximate surface area is 107 Å². The fourth-order valence-corrected chi connectivity index (χ4v) is 0.978. The molecule has 1 rings (SSSR count). The lowest BCUT2D eigenvalue weighted by Crippen LogP contribution is -2.27. The van der Waals surface area contributed by atoms with E-state index in [-0.39, 0.29) is 19.0 Å². The predicted molar refractivity (Wildman–Crippen MR) is 69.7 cm³/mol. The Morgan fingerprint density at radius 2 is 1.65 bits per heavy atom. The standard InChI is InChI=1S/C11H14ClNO.BH2O2/c1-11(2,3)10(14)13-9-6-4-8(12)5-7-9;2-1-3/h4-7H,1-3H3,(H,13,14);2-3H. The molecule has 6 heteroatoms. The van der Waals surface area contributed by atoms with Gasteiger partial charge in [0.1, 0.15) is 0 Å². The fourth-order valence-electron chi connectivity index (χ4n) is 0.852. The fraction of sp³-hybridized carbons (Fsp3) is 0.364. The van der Waals surface area contributed by atoms with Crippen LogP contribution in [0.1, 0.15) is 20.8 Å². The van der Waals surface area contributed by atoms with Crippen LogP contribution in [0.4, 0.5) is 5.69 Å². The predicted octanol–water partition coefficient (Wildman–Crippen LogP) is 1.83. The SMILES string of the molecule is CC(C)(C)C(=O)Nc1ccc(Cl)cc1.O[B]O. The van der Waals surface area contributed by atoms with Crippen molar-refractivity contribution in [3.63, 3.8) is 0 Å². The first-order chi connectivity index (χ1) is 7.81. The highest BCUT2D eigenvalue weighted by molar-refractivity contribution is 6.30. The minimum atomic E-state index is -0.375. The molecule has 1 aromatic rings. The first kappa shape index (κ1) is 16.0. The Hall–Kier alpha value is -1.04. The first-order valence-corrected chi connectivity index (χ1v) is 5.36. The van der Waals surface area contributed by atoms with Crippen molar-refractivity contribution < 1.29 is 14.8 Å². The molecule has 0 aliphatic carbocycles. The average Bonchev–Trinajstić information content (AvgIpc) is 2.21. The van der Waals surface area contributed by atoms with Crippen LogP contribution in [0.15, 0.2) is 24.3 Å². The number of hydrogen-bond donors (Lipinski definition) is 3. The van der Waals surface area contributed by atoms with Gasteiger partial charge in [0, 0.05) is 16.1 Å². The summed E-state index contributed by atoms with van der Waals surface area (Å²) >= 11 is 5.73. The van der Waals surface area contributed by atoms with E-state index >= 15 is 0 Å². The van der Waals surface area contributed by atoms with Crippen LogP contribution < -0.4 is 5.32 Å². The molecule has 0 aromatic heterocycles. The zero-order valence-electron chi connectivity index (χ0n) is 10.1. The molecule has 0 saturated heterocycles. The molecular weight excluding hydrogens is 240 g/mol. The van der Waals surface area contributed by atoms with Crippen molar-refractivity contribution in [1.82, 2.24) is 0 Å². The zero-order chi connectivity index (χ0) is 13.5. The maximum atomic E-state index is 11.6. The van der Waals surface area contributed by atoms with E-state index in [2.05, 4.69) is 5.32 Å². The number of nitrogens with one attached hydrogen (secondary N) is 1. The van der Waals surface area contributed by atoms with Crippen LogP contribution in [-0.4, -0.2) is 23.6 Å². The van der Waals surface area contributed by atoms with Crippen molar-refractivity contribution >= 4 is 30.9 Å². The van der Waals surface area contributed by atoms with Crippen LogP contribution in [0.2, 0.25) is 5.02 Å². The Bertz CT molecular complexity index is 349. The molecule has 1 aromatic carbocycles. The van der Waals surface area contributed by atoms with E-state index in [0.29, 0.717) is 5.02 Å². The van der Waals surface area contributed by atoms with Crippen molar-refractivity contribution in [3.8, 4) is 0 Å². The minimum absolute atomic E-state index is 0. The molecule has 0 aliphatic rings. The van der Waals surface area contributed by atoms with Crippen LogP contribution in [0, 0.1) is 5.41 Å². The van der Waals surface area contributed by atoms with Crippen LogP contribution >= 0.6 is 11.6 Å². The Morgan fingerprint density at radius 1 is 1.24 bits per heavy atom. The van der Waals surface area contributed by atoms with Gasteiger partial charge in [0.15, 0.2) is 0 Å². The molecule has 4 nitrogen and oxygen atoms in total. The Kier molecular flexibility index (Phi) is 6.88. The van der Waals surface area contributed by atoms with Crippen molar-refractivity contribution in [3.05, 3.63) is 29.3 Å². The number of rotatable bonds is 1. The topological polar surface area (TPSA) is 69.6 Å². The second kappa shape index (κ2) is 7.32. The molecular formula is C11H16BClNO3. The van der Waals surface area contributed by atoms with Crippen LogP contribution in [0.5, 0.6) is 0 Å². The van der Waals surface area contributed by atoms with E-state index in [1.165, 1.54) is 0 Å². The van der Waals surface area contributed by atoms with Gasteiger partial charge in [0.2, 0.25) is 5.91 Å². The third-order valence-electron chi connectivity index (χ3n) is 1.78. The molecule has 3 N–H and O–H groups in total. The van der Waals surface area contributed by atoms with Crippen molar-refractivity contribution in [1.29, 1.82) is 0 Å². The normalized spacial score (nSPS) is 10.0. The van der Waals surface area contributed by atoms with Crippen LogP contribution in [-0.2, 0) is 4.79 Å². The van der Waals surface area contributed by atoms with Crippen molar-refractivity contribution in [2.45, 2.75) is 20.8 Å². The van der Waals surface area contributed by atoms with E-state index in [4.69, 9.17) is 21.6 Å². The van der Waals surface area contributed by atoms with E-state index in [9.17, 15) is 4.79 Å². The van der Waals surface area contributed by atoms with Crippen molar-refractivity contribution in [2.24, 2.45) is 5.41 Å². The van der Waals surface area contributed by atoms with Gasteiger partial charge in [-0.25, -0.2) is 0 Å². The van der Waals surface area contributed by atoms with Gasteiger partial charge in [0.25, 0.3) is 0 Å². The minimum Gasteiger partial charge on any atom is -0.429 e. The summed E-state index contributed by atoms with van der Waals surface area (Å²) in [6, 6.07) is 7.07. The second-order valence-electron chi connectivity index (χ2n) is 4.33. The van der Waals surface area contributed by atoms with E-state index in [1.807, 2.05) is 20.8 Å². The first-order valence-electron chi connectivity index (χ1n) is 4.98. The maximum Gasteiger partial charge on any atom is 0.482 e. The highest BCUT2D eigenvalue weighted by atomic mass is 35.5. The molecule has 1 amide bonds. The third kappa shape index (κ3) is 6.99. The molecule has 0 heterocycles. The summed E-state index contributed by atoms with van der Waals surface area (Å²) in [5.41, 5.74) is 0.397. The molecule has 1 radical (unpaired) electrons. The number of anilines is 1. The summed E-state index contributed by atoms with van der Waals surface area (Å²) in [7, 11) is 0. The number of carbonyl (C=O) groups excluding carboxylic acids is 1. The van der Waals surface area contributed by atoms with Gasteiger partial charge in [-0.3, -0.25) is 4.79 Å². The monoisotopic (exact) mass is 256 g/mol. The molecule has 0 spiro atoms. The van der Waals surface area contributed by atoms with E-state index < -0.39 is 0 Å². The third-order valence-corrected chi connectivity index (χ3v) is 2.04. The van der Waals surface area contributed by atoms with Crippen LogP contribution in [0.25, 0.3) is 0 Å². The van der Waals surface area contributed by atoms with Gasteiger partial charge in [-0.15, -0.1) is 0 Å². The van der Waals surface area contributed by atoms with Gasteiger partial charge >= 0.3 is 7.69 Å². The lowest BCUT2D eigenvalue weighted by Gasteiger charge is -2.17. The largest absolute Gasteiger partial charge is 0.482 e. The van der Waals surface area contributed by atoms with E-state index in [0.717, 1.165) is 5.69 Å². The molecule has 0 saturated carbocycles. The average molecular weight is 257 g/mol. The summed E-state index contributed by atoms with van der Waals surface area (Å²) in [4.78, 5) is 11.6. The molecule has 0 bridgehead atoms. The molecule has 17 heavy (non-hydrogen) atoms. The summed E-state index contributed by atoms with van der Waals surface area (Å²) in [6.07, 6.45) is 0. The van der Waals surface area contributed by atoms with Gasteiger partial charge in [-0.05, 0) is 24.3 Å². The number of halogens is 1. The lowest BCUT2D eigenvalue weighted by atomic mass is 9.95. The number of hydrogen-bond acceptors (Lipinski definition) is 3. The molecule has 0 fully saturated rings. The quantitative estimate of drug-likeness (QED) is 0.672. The van der Waals surface area contributed by atoms with Gasteiger partial charge in [0.05, 0.1) is 0 Å². The summed E-state index contributed by atoms with van der Waals surface area (Å²) in [5, 5.41) is 17.5. The van der Waals surface area contributed by atoms with Crippen molar-refractivity contribution in [2.75, 3.05) is 5.32 Å². The lowest BCUT2D eigenvalue weighted by molar-refractivity contribution is -0.123. The van der Waals surface area contributed by atoms with Gasteiger partial charge < -0.3 is 15.4 Å². The van der Waals surface area contributed by atoms with Gasteiger partial charge in [-0.2, -0.15) is 0 Å². The second-order valence-corrected chi connectivity index (χ2v) is 4.76. The molecule has 93 valence electrons. The highest BCUT2D eigenvalue weighted by Gasteiger charge is 2.20. The molecule has 0 aliphatic heterocycles. The molecule has 0 atom stereocenters. The molecule has 0 unspecified atom stereocenters. The summed E-state index contributed by atoms with van der Waals surface area (Å²) < 4.78 is 0. The highest BCUT2D eigenvalue weighted by Crippen LogP contribution is 2.18. The zero-order valence-corrected chi connectivity index (χ0v) is 10.8. The Balaban J connectivity index is 0.000000770. The number of carbonyl (C=O) groups is 1. The Morgan fingerprint density at radius 3 is 2.00 bits per heavy atom. The van der Waals surface area contributed by atoms with Crippen LogP contribution in [0.3, 0.4) is 0 Å². The maximum absolute atomic E-state index is 11.6. The van der Waals surface area contributed by atoms with E-state index in [1.54, 1.807) is 24.3 Å². The number of amides is 1. The number of benzene rings is 1. The van der Waals surface area contributed by atoms with Gasteiger partial charge in [-0.1, -0.05) is 32.4 Å². The summed E-state index contributed by atoms with van der Waals surface area (Å²) in [5.74, 6) is -0.000164. The smallest absolute Gasteiger partial charge is 0.429 e.